The van der Waals surface area contributed by atoms with Crippen LogP contribution in [0.4, 0.5) is 0 Å². The zero-order valence-electron chi connectivity index (χ0n) is 19.8. The lowest BCUT2D eigenvalue weighted by Crippen LogP contribution is -2.31. The van der Waals surface area contributed by atoms with Crippen LogP contribution in [0.2, 0.25) is 0 Å². The summed E-state index contributed by atoms with van der Waals surface area (Å²) in [6, 6.07) is 10.1. The smallest absolute Gasteiger partial charge is 0.283 e. The van der Waals surface area contributed by atoms with Crippen LogP contribution in [0.3, 0.4) is 0 Å². The first-order valence-corrected chi connectivity index (χ1v) is 13.3. The molecule has 3 aromatic rings. The predicted octanol–water partition coefficient (Wildman–Crippen LogP) is 4.35. The lowest BCUT2D eigenvalue weighted by atomic mass is 10.2. The average Bonchev–Trinajstić information content (AvgIpc) is 3.48. The third kappa shape index (κ3) is 6.26. The summed E-state index contributed by atoms with van der Waals surface area (Å²) in [6.07, 6.45) is 9.35. The third-order valence-corrected chi connectivity index (χ3v) is 7.74. The van der Waals surface area contributed by atoms with E-state index in [1.165, 1.54) is 12.3 Å². The highest BCUT2D eigenvalue weighted by Gasteiger charge is 2.25. The molecule has 1 saturated heterocycles. The number of carbonyl (C=O) groups excluding carboxylic acids is 1. The van der Waals surface area contributed by atoms with Gasteiger partial charge in [-0.3, -0.25) is 4.79 Å². The van der Waals surface area contributed by atoms with Crippen molar-refractivity contribution < 1.29 is 22.0 Å². The maximum absolute atomic E-state index is 13.0. The number of hydrogen-bond acceptors (Lipinski definition) is 7. The van der Waals surface area contributed by atoms with Crippen LogP contribution in [0.15, 0.2) is 62.5 Å². The number of rotatable bonds is 9. The first kappa shape index (κ1) is 24.9. The second-order valence-electron chi connectivity index (χ2n) is 8.46. The Labute approximate surface area is 205 Å². The molecule has 1 fully saturated rings. The summed E-state index contributed by atoms with van der Waals surface area (Å²) in [6.45, 7) is 3.81. The van der Waals surface area contributed by atoms with Gasteiger partial charge < -0.3 is 13.7 Å². The molecule has 1 aliphatic rings. The van der Waals surface area contributed by atoms with Gasteiger partial charge in [-0.25, -0.2) is 8.42 Å². The minimum Gasteiger partial charge on any atom is -0.459 e. The largest absolute Gasteiger partial charge is 0.459 e. The maximum atomic E-state index is 13.0. The summed E-state index contributed by atoms with van der Waals surface area (Å²) in [5, 5.41) is 7.99. The van der Waals surface area contributed by atoms with Crippen molar-refractivity contribution in [3.8, 4) is 11.7 Å². The van der Waals surface area contributed by atoms with E-state index in [0.717, 1.165) is 37.7 Å². The summed E-state index contributed by atoms with van der Waals surface area (Å²) in [5.74, 6) is 0.846. The fourth-order valence-electron chi connectivity index (χ4n) is 3.97. The van der Waals surface area contributed by atoms with E-state index >= 15 is 0 Å². The van der Waals surface area contributed by atoms with Crippen LogP contribution >= 0.6 is 0 Å². The SMILES string of the molecule is CCCN(Cc1nnc(-c2ccco2)o1)C(=O)/C=C/c1ccc(S(=O)(=O)N2CCCCCC2)cc1. The maximum Gasteiger partial charge on any atom is 0.283 e. The first-order chi connectivity index (χ1) is 17.0. The molecule has 0 spiro atoms. The molecule has 2 aromatic heterocycles. The van der Waals surface area contributed by atoms with Gasteiger partial charge in [0.25, 0.3) is 5.89 Å². The van der Waals surface area contributed by atoms with Gasteiger partial charge in [0.05, 0.1) is 17.7 Å². The van der Waals surface area contributed by atoms with Gasteiger partial charge in [-0.1, -0.05) is 31.9 Å². The summed E-state index contributed by atoms with van der Waals surface area (Å²) in [7, 11) is -3.50. The Kier molecular flexibility index (Phi) is 8.14. The Bertz CT molecular complexity index is 1230. The fraction of sp³-hybridized carbons (Fsp3) is 0.400. The number of carbonyl (C=O) groups is 1. The molecular weight excluding hydrogens is 468 g/mol. The van der Waals surface area contributed by atoms with Crippen molar-refractivity contribution in [2.24, 2.45) is 0 Å². The number of nitrogens with zero attached hydrogens (tertiary/aromatic N) is 4. The van der Waals surface area contributed by atoms with Crippen molar-refractivity contribution >= 4 is 22.0 Å². The van der Waals surface area contributed by atoms with Crippen LogP contribution in [0.5, 0.6) is 0 Å². The van der Waals surface area contributed by atoms with Crippen LogP contribution in [-0.4, -0.2) is 53.4 Å². The minimum atomic E-state index is -3.50. The van der Waals surface area contributed by atoms with Gasteiger partial charge in [0.2, 0.25) is 21.8 Å². The van der Waals surface area contributed by atoms with Gasteiger partial charge in [-0.05, 0) is 55.2 Å². The molecule has 1 aromatic carbocycles. The molecule has 0 atom stereocenters. The van der Waals surface area contributed by atoms with Gasteiger partial charge in [0, 0.05) is 25.7 Å². The molecule has 1 aliphatic heterocycles. The van der Waals surface area contributed by atoms with E-state index in [-0.39, 0.29) is 23.2 Å². The number of aromatic nitrogens is 2. The molecule has 0 unspecified atom stereocenters. The molecule has 3 heterocycles. The van der Waals surface area contributed by atoms with E-state index in [1.54, 1.807) is 51.7 Å². The summed E-state index contributed by atoms with van der Waals surface area (Å²) < 4.78 is 38.4. The van der Waals surface area contributed by atoms with Gasteiger partial charge in [-0.15, -0.1) is 10.2 Å². The number of amides is 1. The molecule has 4 rings (SSSR count). The van der Waals surface area contributed by atoms with Gasteiger partial charge in [0.15, 0.2) is 5.76 Å². The molecule has 0 aliphatic carbocycles. The molecule has 1 amide bonds. The molecule has 0 radical (unpaired) electrons. The van der Waals surface area contributed by atoms with Crippen molar-refractivity contribution in [2.75, 3.05) is 19.6 Å². The topological polar surface area (TPSA) is 110 Å². The van der Waals surface area contributed by atoms with E-state index < -0.39 is 10.0 Å². The molecular formula is C25H30N4O5S. The van der Waals surface area contributed by atoms with Crippen molar-refractivity contribution in [1.29, 1.82) is 0 Å². The highest BCUT2D eigenvalue weighted by molar-refractivity contribution is 7.89. The fourth-order valence-corrected chi connectivity index (χ4v) is 5.49. The Morgan fingerprint density at radius 1 is 1.09 bits per heavy atom. The van der Waals surface area contributed by atoms with Gasteiger partial charge in [-0.2, -0.15) is 4.31 Å². The quantitative estimate of drug-likeness (QED) is 0.404. The zero-order valence-corrected chi connectivity index (χ0v) is 20.6. The van der Waals surface area contributed by atoms with Crippen molar-refractivity contribution in [2.45, 2.75) is 50.5 Å². The lowest BCUT2D eigenvalue weighted by molar-refractivity contribution is -0.126. The molecule has 9 nitrogen and oxygen atoms in total. The highest BCUT2D eigenvalue weighted by Crippen LogP contribution is 2.21. The van der Waals surface area contributed by atoms with E-state index in [4.69, 9.17) is 8.83 Å². The van der Waals surface area contributed by atoms with Crippen molar-refractivity contribution in [3.63, 3.8) is 0 Å². The van der Waals surface area contributed by atoms with E-state index in [9.17, 15) is 13.2 Å². The number of sulfonamides is 1. The second kappa shape index (κ2) is 11.5. The Balaban J connectivity index is 1.40. The number of hydrogen-bond donors (Lipinski definition) is 0. The van der Waals surface area contributed by atoms with Crippen LogP contribution in [0, 0.1) is 0 Å². The molecule has 0 N–H and O–H groups in total. The summed E-state index contributed by atoms with van der Waals surface area (Å²) in [5.41, 5.74) is 0.738. The zero-order chi connectivity index (χ0) is 24.7. The predicted molar refractivity (Wildman–Crippen MR) is 130 cm³/mol. The lowest BCUT2D eigenvalue weighted by Gasteiger charge is -2.20. The van der Waals surface area contributed by atoms with E-state index in [0.29, 0.717) is 31.3 Å². The molecule has 186 valence electrons. The van der Waals surface area contributed by atoms with Crippen LogP contribution in [0.25, 0.3) is 17.7 Å². The van der Waals surface area contributed by atoms with Gasteiger partial charge in [0.1, 0.15) is 0 Å². The summed E-state index contributed by atoms with van der Waals surface area (Å²) in [4.78, 5) is 14.7. The van der Waals surface area contributed by atoms with E-state index in [1.807, 2.05) is 6.92 Å². The molecule has 35 heavy (non-hydrogen) atoms. The molecule has 10 heteroatoms. The first-order valence-electron chi connectivity index (χ1n) is 11.9. The monoisotopic (exact) mass is 498 g/mol. The normalized spacial score (nSPS) is 15.3. The highest BCUT2D eigenvalue weighted by atomic mass is 32.2. The Morgan fingerprint density at radius 2 is 1.83 bits per heavy atom. The Hall–Kier alpha value is -3.24. The Morgan fingerprint density at radius 3 is 2.49 bits per heavy atom. The van der Waals surface area contributed by atoms with Crippen molar-refractivity contribution in [3.05, 3.63) is 60.2 Å². The standard InChI is InChI=1S/C25H30N4O5S/c1-2-15-28(19-23-26-27-25(34-23)22-8-7-18-33-22)24(30)14-11-20-9-12-21(13-10-20)35(31,32)29-16-5-3-4-6-17-29/h7-14,18H,2-6,15-17,19H2,1H3/b14-11+. The van der Waals surface area contributed by atoms with E-state index in [2.05, 4.69) is 10.2 Å². The minimum absolute atomic E-state index is 0.178. The van der Waals surface area contributed by atoms with Crippen LogP contribution in [-0.2, 0) is 21.4 Å². The third-order valence-electron chi connectivity index (χ3n) is 5.83. The second-order valence-corrected chi connectivity index (χ2v) is 10.4. The number of furan rings is 1. The number of benzene rings is 1. The van der Waals surface area contributed by atoms with Gasteiger partial charge >= 0.3 is 0 Å². The average molecular weight is 499 g/mol. The van der Waals surface area contributed by atoms with Crippen molar-refractivity contribution in [1.82, 2.24) is 19.4 Å². The van der Waals surface area contributed by atoms with Crippen LogP contribution < -0.4 is 0 Å². The van der Waals surface area contributed by atoms with Crippen LogP contribution in [0.1, 0.15) is 50.5 Å². The summed E-state index contributed by atoms with van der Waals surface area (Å²) >= 11 is 0. The molecule has 0 saturated carbocycles. The molecule has 0 bridgehead atoms.